The predicted octanol–water partition coefficient (Wildman–Crippen LogP) is 3.68. The minimum absolute atomic E-state index is 0.0145. The van der Waals surface area contributed by atoms with Crippen LogP contribution in [0, 0.1) is 19.7 Å². The van der Waals surface area contributed by atoms with E-state index in [1.54, 1.807) is 41.1 Å². The van der Waals surface area contributed by atoms with Crippen molar-refractivity contribution >= 4 is 23.3 Å². The van der Waals surface area contributed by atoms with Crippen molar-refractivity contribution in [3.05, 3.63) is 83.2 Å². The van der Waals surface area contributed by atoms with Gasteiger partial charge in [-0.1, -0.05) is 12.1 Å². The lowest BCUT2D eigenvalue weighted by Crippen LogP contribution is -2.45. The van der Waals surface area contributed by atoms with Gasteiger partial charge in [0.15, 0.2) is 11.5 Å². The van der Waals surface area contributed by atoms with Crippen LogP contribution in [0.1, 0.15) is 45.1 Å². The molecular weight excluding hydrogens is 499 g/mol. The van der Waals surface area contributed by atoms with Gasteiger partial charge in [-0.3, -0.25) is 19.3 Å². The third-order valence-corrected chi connectivity index (χ3v) is 6.93. The van der Waals surface area contributed by atoms with E-state index in [1.807, 2.05) is 20.9 Å². The maximum Gasteiger partial charge on any atom is 0.276 e. The van der Waals surface area contributed by atoms with E-state index < -0.39 is 0 Å². The van der Waals surface area contributed by atoms with E-state index in [0.717, 1.165) is 24.2 Å². The van der Waals surface area contributed by atoms with E-state index >= 15 is 0 Å². The number of piperidine rings is 1. The Bertz CT molecular complexity index is 1490. The van der Waals surface area contributed by atoms with Crippen LogP contribution < -0.4 is 15.5 Å². The molecule has 39 heavy (non-hydrogen) atoms. The van der Waals surface area contributed by atoms with Gasteiger partial charge < -0.3 is 15.5 Å². The number of carbonyl (C=O) groups is 2. The van der Waals surface area contributed by atoms with Crippen LogP contribution in [0.5, 0.6) is 0 Å². The molecule has 1 saturated heterocycles. The normalized spacial score (nSPS) is 13.8. The molecular formula is C28H29FN8O2. The molecule has 0 bridgehead atoms. The third kappa shape index (κ3) is 5.77. The zero-order valence-corrected chi connectivity index (χ0v) is 22.0. The molecule has 1 aliphatic rings. The minimum Gasteiger partial charge on any atom is -0.355 e. The van der Waals surface area contributed by atoms with Crippen LogP contribution in [0.25, 0.3) is 11.3 Å². The van der Waals surface area contributed by atoms with Crippen LogP contribution in [0.2, 0.25) is 0 Å². The Morgan fingerprint density at radius 1 is 1.00 bits per heavy atom. The predicted molar refractivity (Wildman–Crippen MR) is 145 cm³/mol. The standard InChI is InChI=1S/C28H29FN8O2/c1-17-26(18(2)36(3)35-17)32-28(39)24-9-10-25(34-33-24)37-13-11-22(12-14-37)31-27(38)20-7-8-23(30-16-20)19-5-4-6-21(29)15-19/h4-10,15-16,22H,11-14H2,1-3H3,(H,31,38)(H,32,39). The summed E-state index contributed by atoms with van der Waals surface area (Å²) in [5, 5.41) is 18.6. The number of aromatic nitrogens is 5. The Balaban J connectivity index is 1.13. The van der Waals surface area contributed by atoms with Crippen molar-refractivity contribution in [2.75, 3.05) is 23.3 Å². The summed E-state index contributed by atoms with van der Waals surface area (Å²) in [5.41, 5.74) is 4.21. The minimum atomic E-state index is -0.340. The van der Waals surface area contributed by atoms with Gasteiger partial charge in [0, 0.05) is 37.9 Å². The molecule has 1 aromatic carbocycles. The number of rotatable bonds is 6. The van der Waals surface area contributed by atoms with Gasteiger partial charge in [-0.05, 0) is 63.1 Å². The average molecular weight is 529 g/mol. The van der Waals surface area contributed by atoms with Gasteiger partial charge >= 0.3 is 0 Å². The molecule has 11 heteroatoms. The first-order valence-electron chi connectivity index (χ1n) is 12.7. The lowest BCUT2D eigenvalue weighted by Gasteiger charge is -2.32. The zero-order chi connectivity index (χ0) is 27.5. The van der Waals surface area contributed by atoms with Gasteiger partial charge in [0.2, 0.25) is 0 Å². The fourth-order valence-corrected chi connectivity index (χ4v) is 4.62. The molecule has 1 fully saturated rings. The van der Waals surface area contributed by atoms with Crippen LogP contribution in [-0.4, -0.2) is 55.9 Å². The molecule has 0 unspecified atom stereocenters. The molecule has 0 saturated carbocycles. The summed E-state index contributed by atoms with van der Waals surface area (Å²) in [7, 11) is 1.83. The van der Waals surface area contributed by atoms with Gasteiger partial charge in [0.1, 0.15) is 5.82 Å². The van der Waals surface area contributed by atoms with Crippen LogP contribution in [0.15, 0.2) is 54.7 Å². The molecule has 0 radical (unpaired) electrons. The second-order valence-corrected chi connectivity index (χ2v) is 9.58. The number of amides is 2. The number of anilines is 2. The van der Waals surface area contributed by atoms with Crippen LogP contribution in [0.3, 0.4) is 0 Å². The van der Waals surface area contributed by atoms with Crippen LogP contribution in [0.4, 0.5) is 15.9 Å². The summed E-state index contributed by atoms with van der Waals surface area (Å²) in [6.07, 6.45) is 2.99. The Hall–Kier alpha value is -4.67. The summed E-state index contributed by atoms with van der Waals surface area (Å²) in [6, 6.07) is 13.1. The van der Waals surface area contributed by atoms with E-state index in [2.05, 4.69) is 35.8 Å². The molecule has 2 N–H and O–H groups in total. The van der Waals surface area contributed by atoms with Crippen molar-refractivity contribution in [2.45, 2.75) is 32.7 Å². The van der Waals surface area contributed by atoms with E-state index in [1.165, 1.54) is 18.3 Å². The number of pyridine rings is 1. The van der Waals surface area contributed by atoms with Crippen molar-refractivity contribution < 1.29 is 14.0 Å². The van der Waals surface area contributed by atoms with Crippen molar-refractivity contribution in [3.63, 3.8) is 0 Å². The second-order valence-electron chi connectivity index (χ2n) is 9.58. The molecule has 0 atom stereocenters. The van der Waals surface area contributed by atoms with Gasteiger partial charge in [-0.15, -0.1) is 10.2 Å². The number of hydrogen-bond donors (Lipinski definition) is 2. The smallest absolute Gasteiger partial charge is 0.276 e. The fourth-order valence-electron chi connectivity index (χ4n) is 4.62. The lowest BCUT2D eigenvalue weighted by molar-refractivity contribution is 0.0930. The highest BCUT2D eigenvalue weighted by molar-refractivity contribution is 6.03. The molecule has 200 valence electrons. The highest BCUT2D eigenvalue weighted by atomic mass is 19.1. The first kappa shape index (κ1) is 26.0. The van der Waals surface area contributed by atoms with E-state index in [9.17, 15) is 14.0 Å². The largest absolute Gasteiger partial charge is 0.355 e. The average Bonchev–Trinajstić information content (AvgIpc) is 3.19. The number of nitrogens with one attached hydrogen (secondary N) is 2. The molecule has 3 aromatic heterocycles. The number of nitrogens with zero attached hydrogens (tertiary/aromatic N) is 6. The zero-order valence-electron chi connectivity index (χ0n) is 22.0. The third-order valence-electron chi connectivity index (χ3n) is 6.93. The number of hydrogen-bond acceptors (Lipinski definition) is 7. The van der Waals surface area contributed by atoms with Crippen molar-refractivity contribution in [2.24, 2.45) is 7.05 Å². The number of halogens is 1. The second kappa shape index (κ2) is 11.0. The number of benzene rings is 1. The monoisotopic (exact) mass is 528 g/mol. The van der Waals surface area contributed by atoms with Crippen molar-refractivity contribution in [3.8, 4) is 11.3 Å². The summed E-state index contributed by atoms with van der Waals surface area (Å²) in [5.74, 6) is -0.183. The van der Waals surface area contributed by atoms with E-state index in [0.29, 0.717) is 41.4 Å². The Kier molecular flexibility index (Phi) is 7.31. The molecule has 10 nitrogen and oxygen atoms in total. The SMILES string of the molecule is Cc1nn(C)c(C)c1NC(=O)c1ccc(N2CCC(NC(=O)c3ccc(-c4cccc(F)c4)nc3)CC2)nn1. The maximum absolute atomic E-state index is 13.5. The lowest BCUT2D eigenvalue weighted by atomic mass is 10.0. The molecule has 4 aromatic rings. The summed E-state index contributed by atoms with van der Waals surface area (Å²) in [4.78, 5) is 31.8. The highest BCUT2D eigenvalue weighted by Crippen LogP contribution is 2.21. The summed E-state index contributed by atoms with van der Waals surface area (Å²) >= 11 is 0. The molecule has 0 spiro atoms. The number of carbonyl (C=O) groups excluding carboxylic acids is 2. The first-order valence-corrected chi connectivity index (χ1v) is 12.7. The highest BCUT2D eigenvalue weighted by Gasteiger charge is 2.23. The summed E-state index contributed by atoms with van der Waals surface area (Å²) < 4.78 is 15.2. The van der Waals surface area contributed by atoms with Crippen molar-refractivity contribution in [1.82, 2.24) is 30.3 Å². The Morgan fingerprint density at radius 2 is 1.79 bits per heavy atom. The van der Waals surface area contributed by atoms with E-state index in [4.69, 9.17) is 0 Å². The van der Waals surface area contributed by atoms with Crippen LogP contribution >= 0.6 is 0 Å². The van der Waals surface area contributed by atoms with Gasteiger partial charge in [0.25, 0.3) is 11.8 Å². The summed E-state index contributed by atoms with van der Waals surface area (Å²) in [6.45, 7) is 5.11. The quantitative estimate of drug-likeness (QED) is 0.392. The number of aryl methyl sites for hydroxylation is 2. The van der Waals surface area contributed by atoms with Gasteiger partial charge in [-0.2, -0.15) is 5.10 Å². The molecule has 1 aliphatic heterocycles. The topological polar surface area (TPSA) is 118 Å². The molecule has 0 aliphatic carbocycles. The van der Waals surface area contributed by atoms with Crippen LogP contribution in [-0.2, 0) is 7.05 Å². The molecule has 5 rings (SSSR count). The fraction of sp³-hybridized carbons (Fsp3) is 0.286. The van der Waals surface area contributed by atoms with Gasteiger partial charge in [-0.25, -0.2) is 4.39 Å². The first-order chi connectivity index (χ1) is 18.8. The van der Waals surface area contributed by atoms with Crippen molar-refractivity contribution in [1.29, 1.82) is 0 Å². The maximum atomic E-state index is 13.5. The Labute approximate surface area is 225 Å². The molecule has 4 heterocycles. The van der Waals surface area contributed by atoms with Gasteiger partial charge in [0.05, 0.1) is 28.3 Å². The van der Waals surface area contributed by atoms with E-state index in [-0.39, 0.29) is 29.4 Å². The molecule has 2 amide bonds. The Morgan fingerprint density at radius 3 is 2.41 bits per heavy atom.